The zero-order chi connectivity index (χ0) is 19.4. The molecule has 8 nitrogen and oxygen atoms in total. The summed E-state index contributed by atoms with van der Waals surface area (Å²) in [4.78, 5) is 17.7. The third-order valence-corrected chi connectivity index (χ3v) is 5.90. The first-order valence-electron chi connectivity index (χ1n) is 8.33. The number of ether oxygens (including phenoxy) is 1. The van der Waals surface area contributed by atoms with Crippen molar-refractivity contribution in [3.8, 4) is 11.4 Å². The first-order valence-corrected chi connectivity index (χ1v) is 10.1. The lowest BCUT2D eigenvalue weighted by atomic mass is 10.2. The van der Waals surface area contributed by atoms with E-state index in [4.69, 9.17) is 9.15 Å². The Kier molecular flexibility index (Phi) is 6.30. The quantitative estimate of drug-likeness (QED) is 0.572. The van der Waals surface area contributed by atoms with Gasteiger partial charge in [-0.05, 0) is 26.8 Å². The first-order chi connectivity index (χ1) is 13.0. The molecule has 27 heavy (non-hydrogen) atoms. The molecule has 0 saturated carbocycles. The predicted octanol–water partition coefficient (Wildman–Crippen LogP) is 3.30. The summed E-state index contributed by atoms with van der Waals surface area (Å²) >= 11 is 2.80. The molecule has 3 aromatic rings. The van der Waals surface area contributed by atoms with Gasteiger partial charge in [0.05, 0.1) is 36.4 Å². The van der Waals surface area contributed by atoms with Gasteiger partial charge in [-0.15, -0.1) is 21.5 Å². The number of methoxy groups -OCH3 is 1. The number of hydrogen-bond acceptors (Lipinski definition) is 8. The molecule has 0 unspecified atom stereocenters. The van der Waals surface area contributed by atoms with Gasteiger partial charge in [-0.1, -0.05) is 11.8 Å². The normalized spacial score (nSPS) is 11.1. The zero-order valence-corrected chi connectivity index (χ0v) is 17.2. The van der Waals surface area contributed by atoms with Gasteiger partial charge in [0.1, 0.15) is 5.76 Å². The van der Waals surface area contributed by atoms with E-state index in [0.717, 1.165) is 21.9 Å². The van der Waals surface area contributed by atoms with Crippen molar-refractivity contribution in [2.75, 3.05) is 24.8 Å². The van der Waals surface area contributed by atoms with Crippen LogP contribution in [0.4, 0.5) is 5.13 Å². The number of thioether (sulfide) groups is 1. The molecule has 3 heterocycles. The van der Waals surface area contributed by atoms with Crippen LogP contribution in [0.1, 0.15) is 16.3 Å². The van der Waals surface area contributed by atoms with Gasteiger partial charge < -0.3 is 14.5 Å². The third-order valence-electron chi connectivity index (χ3n) is 3.94. The van der Waals surface area contributed by atoms with Crippen molar-refractivity contribution in [1.82, 2.24) is 19.7 Å². The van der Waals surface area contributed by atoms with Crippen molar-refractivity contribution >= 4 is 34.1 Å². The Hall–Kier alpha value is -2.17. The fourth-order valence-electron chi connectivity index (χ4n) is 2.41. The Balaban J connectivity index is 1.71. The molecule has 0 spiro atoms. The van der Waals surface area contributed by atoms with Crippen LogP contribution in [-0.2, 0) is 16.1 Å². The predicted molar refractivity (Wildman–Crippen MR) is 105 cm³/mol. The van der Waals surface area contributed by atoms with Crippen LogP contribution in [0.5, 0.6) is 0 Å². The molecule has 0 aliphatic rings. The van der Waals surface area contributed by atoms with Crippen molar-refractivity contribution in [3.63, 3.8) is 0 Å². The van der Waals surface area contributed by atoms with Crippen molar-refractivity contribution in [3.05, 3.63) is 28.7 Å². The Morgan fingerprint density at radius 2 is 2.19 bits per heavy atom. The minimum Gasteiger partial charge on any atom is -0.469 e. The van der Waals surface area contributed by atoms with Crippen molar-refractivity contribution in [1.29, 1.82) is 0 Å². The molecular formula is C17H21N5O3S2. The summed E-state index contributed by atoms with van der Waals surface area (Å²) in [5.74, 6) is 1.56. The second-order valence-electron chi connectivity index (χ2n) is 5.84. The first kappa shape index (κ1) is 19.6. The Bertz CT molecular complexity index is 912. The SMILES string of the molecule is COCCn1c(SCC(=O)Nc2nc(C)c(C)s2)nnc1-c1ccoc1C. The lowest BCUT2D eigenvalue weighted by molar-refractivity contribution is -0.113. The van der Waals surface area contributed by atoms with Crippen LogP contribution in [0.25, 0.3) is 11.4 Å². The number of furan rings is 1. The number of aryl methyl sites for hydroxylation is 3. The lowest BCUT2D eigenvalue weighted by Crippen LogP contribution is -2.15. The molecule has 3 aromatic heterocycles. The third kappa shape index (κ3) is 4.57. The number of carbonyl (C=O) groups excluding carboxylic acids is 1. The average Bonchev–Trinajstić information content (AvgIpc) is 3.30. The van der Waals surface area contributed by atoms with Gasteiger partial charge in [-0.2, -0.15) is 0 Å². The summed E-state index contributed by atoms with van der Waals surface area (Å²) in [6.07, 6.45) is 1.62. The maximum absolute atomic E-state index is 12.3. The minimum absolute atomic E-state index is 0.129. The average molecular weight is 408 g/mol. The largest absolute Gasteiger partial charge is 0.469 e. The number of aromatic nitrogens is 4. The number of nitrogens with zero attached hydrogens (tertiary/aromatic N) is 4. The van der Waals surface area contributed by atoms with Gasteiger partial charge in [0.15, 0.2) is 16.1 Å². The van der Waals surface area contributed by atoms with Crippen LogP contribution in [-0.4, -0.2) is 45.1 Å². The highest BCUT2D eigenvalue weighted by molar-refractivity contribution is 7.99. The van der Waals surface area contributed by atoms with Crippen LogP contribution >= 0.6 is 23.1 Å². The molecule has 0 saturated heterocycles. The van der Waals surface area contributed by atoms with Crippen LogP contribution in [0.3, 0.4) is 0 Å². The molecule has 0 radical (unpaired) electrons. The number of nitrogens with one attached hydrogen (secondary N) is 1. The fourth-order valence-corrected chi connectivity index (χ4v) is 4.00. The van der Waals surface area contributed by atoms with E-state index in [9.17, 15) is 4.79 Å². The van der Waals surface area contributed by atoms with Gasteiger partial charge >= 0.3 is 0 Å². The van der Waals surface area contributed by atoms with Crippen molar-refractivity contribution < 1.29 is 13.9 Å². The van der Waals surface area contributed by atoms with Crippen LogP contribution in [0, 0.1) is 20.8 Å². The van der Waals surface area contributed by atoms with Crippen LogP contribution in [0.2, 0.25) is 0 Å². The number of thiazole rings is 1. The standard InChI is InChI=1S/C17H21N5O3S2/c1-10-12(3)27-16(18-10)19-14(23)9-26-17-21-20-15(22(17)6-8-24-4)13-5-7-25-11(13)2/h5,7H,6,8-9H2,1-4H3,(H,18,19,23). The highest BCUT2D eigenvalue weighted by Crippen LogP contribution is 2.27. The maximum atomic E-state index is 12.3. The smallest absolute Gasteiger partial charge is 0.236 e. The van der Waals surface area contributed by atoms with E-state index in [1.807, 2.05) is 31.4 Å². The Labute approximate surface area is 165 Å². The van der Waals surface area contributed by atoms with E-state index in [2.05, 4.69) is 20.5 Å². The molecular weight excluding hydrogens is 386 g/mol. The molecule has 0 atom stereocenters. The summed E-state index contributed by atoms with van der Waals surface area (Å²) in [5, 5.41) is 12.6. The van der Waals surface area contributed by atoms with E-state index in [0.29, 0.717) is 29.3 Å². The minimum atomic E-state index is -0.129. The topological polar surface area (TPSA) is 95.1 Å². The van der Waals surface area contributed by atoms with Crippen molar-refractivity contribution in [2.24, 2.45) is 0 Å². The summed E-state index contributed by atoms with van der Waals surface area (Å²) in [5.41, 5.74) is 1.81. The lowest BCUT2D eigenvalue weighted by Gasteiger charge is -2.09. The van der Waals surface area contributed by atoms with Gasteiger partial charge in [0.25, 0.3) is 0 Å². The molecule has 0 bridgehead atoms. The van der Waals surface area contributed by atoms with E-state index in [1.165, 1.54) is 23.1 Å². The number of hydrogen-bond donors (Lipinski definition) is 1. The molecule has 1 N–H and O–H groups in total. The van der Waals surface area contributed by atoms with Crippen LogP contribution in [0.15, 0.2) is 21.9 Å². The molecule has 144 valence electrons. The highest BCUT2D eigenvalue weighted by Gasteiger charge is 2.18. The van der Waals surface area contributed by atoms with Gasteiger partial charge in [0, 0.05) is 12.0 Å². The van der Waals surface area contributed by atoms with Gasteiger partial charge in [0.2, 0.25) is 5.91 Å². The molecule has 0 aliphatic carbocycles. The molecule has 3 rings (SSSR count). The highest BCUT2D eigenvalue weighted by atomic mass is 32.2. The second-order valence-corrected chi connectivity index (χ2v) is 7.98. The van der Waals surface area contributed by atoms with E-state index >= 15 is 0 Å². The van der Waals surface area contributed by atoms with Gasteiger partial charge in [-0.25, -0.2) is 4.98 Å². The second kappa shape index (κ2) is 8.68. The summed E-state index contributed by atoms with van der Waals surface area (Å²) < 4.78 is 12.5. The summed E-state index contributed by atoms with van der Waals surface area (Å²) in [6.45, 7) is 6.88. The number of amides is 1. The number of rotatable bonds is 8. The van der Waals surface area contributed by atoms with E-state index in [1.54, 1.807) is 13.4 Å². The van der Waals surface area contributed by atoms with Gasteiger partial charge in [-0.3, -0.25) is 9.36 Å². The zero-order valence-electron chi connectivity index (χ0n) is 15.6. The molecule has 0 fully saturated rings. The Morgan fingerprint density at radius 1 is 1.37 bits per heavy atom. The molecule has 0 aromatic carbocycles. The summed E-state index contributed by atoms with van der Waals surface area (Å²) in [6, 6.07) is 1.86. The fraction of sp³-hybridized carbons (Fsp3) is 0.412. The number of anilines is 1. The molecule has 0 aliphatic heterocycles. The van der Waals surface area contributed by atoms with E-state index in [-0.39, 0.29) is 11.7 Å². The molecule has 1 amide bonds. The maximum Gasteiger partial charge on any atom is 0.236 e. The monoisotopic (exact) mass is 407 g/mol. The Morgan fingerprint density at radius 3 is 2.81 bits per heavy atom. The van der Waals surface area contributed by atoms with Crippen molar-refractivity contribution in [2.45, 2.75) is 32.5 Å². The number of carbonyl (C=O) groups is 1. The van der Waals surface area contributed by atoms with E-state index < -0.39 is 0 Å². The van der Waals surface area contributed by atoms with Crippen LogP contribution < -0.4 is 5.32 Å². The summed E-state index contributed by atoms with van der Waals surface area (Å²) in [7, 11) is 1.64. The molecule has 10 heteroatoms.